The van der Waals surface area contributed by atoms with Gasteiger partial charge in [0.05, 0.1) is 43.3 Å². The van der Waals surface area contributed by atoms with Crippen LogP contribution in [0.2, 0.25) is 0 Å². The normalized spacial score (nSPS) is 11.6. The molecule has 3 heterocycles. The van der Waals surface area contributed by atoms with Gasteiger partial charge in [0.1, 0.15) is 12.2 Å². The number of hydrogen-bond donors (Lipinski definition) is 0. The van der Waals surface area contributed by atoms with Crippen molar-refractivity contribution in [1.29, 1.82) is 0 Å². The molecule has 0 spiro atoms. The highest BCUT2D eigenvalue weighted by Crippen LogP contribution is 2.22. The summed E-state index contributed by atoms with van der Waals surface area (Å²) in [7, 11) is 1.33. The van der Waals surface area contributed by atoms with Crippen LogP contribution in [0.15, 0.2) is 66.0 Å². The molecule has 1 aromatic carbocycles. The summed E-state index contributed by atoms with van der Waals surface area (Å²) in [6.45, 7) is -1.24. The van der Waals surface area contributed by atoms with Gasteiger partial charge in [-0.05, 0) is 18.2 Å². The first-order chi connectivity index (χ1) is 14.4. The van der Waals surface area contributed by atoms with E-state index < -0.39 is 18.1 Å². The molecule has 0 N–H and O–H groups in total. The standard InChI is InChI=1S/C19H15F3N6O2/c1-30-16-11-27(14-9-24-26(10-14)12-19(20,21)22)25-17(18(16)29)15-7-8-23-28(15)13-5-3-2-4-6-13/h2-11H,12H2,1H3. The number of methoxy groups -OCH3 is 1. The molecular formula is C19H15F3N6O2. The van der Waals surface area contributed by atoms with Crippen LogP contribution in [0.4, 0.5) is 13.2 Å². The van der Waals surface area contributed by atoms with Crippen molar-refractivity contribution in [2.75, 3.05) is 7.11 Å². The van der Waals surface area contributed by atoms with Crippen molar-refractivity contribution in [2.24, 2.45) is 0 Å². The molecule has 0 aliphatic rings. The Morgan fingerprint density at radius 3 is 2.50 bits per heavy atom. The topological polar surface area (TPSA) is 79.8 Å². The number of benzene rings is 1. The summed E-state index contributed by atoms with van der Waals surface area (Å²) in [4.78, 5) is 12.8. The van der Waals surface area contributed by atoms with E-state index in [1.807, 2.05) is 30.3 Å². The summed E-state index contributed by atoms with van der Waals surface area (Å²) in [6, 6.07) is 10.8. The van der Waals surface area contributed by atoms with Gasteiger partial charge in [0.2, 0.25) is 0 Å². The predicted molar refractivity (Wildman–Crippen MR) is 101 cm³/mol. The Balaban J connectivity index is 1.82. The molecule has 0 unspecified atom stereocenters. The molecule has 154 valence electrons. The highest BCUT2D eigenvalue weighted by Gasteiger charge is 2.28. The van der Waals surface area contributed by atoms with Crippen LogP contribution < -0.4 is 10.2 Å². The molecule has 0 aliphatic heterocycles. The average molecular weight is 416 g/mol. The van der Waals surface area contributed by atoms with Crippen LogP contribution in [-0.2, 0) is 6.54 Å². The van der Waals surface area contributed by atoms with Gasteiger partial charge in [-0.2, -0.15) is 28.5 Å². The number of halogens is 3. The van der Waals surface area contributed by atoms with Crippen molar-refractivity contribution < 1.29 is 17.9 Å². The van der Waals surface area contributed by atoms with E-state index in [1.54, 1.807) is 10.7 Å². The van der Waals surface area contributed by atoms with Gasteiger partial charge in [0.25, 0.3) is 5.43 Å². The Hall–Kier alpha value is -3.89. The monoisotopic (exact) mass is 416 g/mol. The van der Waals surface area contributed by atoms with E-state index in [0.717, 1.165) is 4.68 Å². The third-order valence-electron chi connectivity index (χ3n) is 4.22. The van der Waals surface area contributed by atoms with E-state index in [2.05, 4.69) is 15.3 Å². The second-order valence-corrected chi connectivity index (χ2v) is 6.29. The van der Waals surface area contributed by atoms with Gasteiger partial charge in [-0.1, -0.05) is 18.2 Å². The smallest absolute Gasteiger partial charge is 0.408 e. The summed E-state index contributed by atoms with van der Waals surface area (Å²) in [5.41, 5.74) is 0.908. The van der Waals surface area contributed by atoms with Gasteiger partial charge in [-0.3, -0.25) is 9.48 Å². The molecule has 11 heteroatoms. The van der Waals surface area contributed by atoms with Crippen LogP contribution in [0.1, 0.15) is 0 Å². The fraction of sp³-hybridized carbons (Fsp3) is 0.158. The molecule has 30 heavy (non-hydrogen) atoms. The minimum Gasteiger partial charge on any atom is -0.491 e. The van der Waals surface area contributed by atoms with Gasteiger partial charge < -0.3 is 4.74 Å². The number of alkyl halides is 3. The fourth-order valence-electron chi connectivity index (χ4n) is 2.91. The summed E-state index contributed by atoms with van der Waals surface area (Å²) in [5.74, 6) is -0.0237. The SMILES string of the molecule is COc1cn(-c2cnn(CC(F)(F)F)c2)nc(-c2ccnn2-c2ccccc2)c1=O. The number of nitrogens with zero attached hydrogens (tertiary/aromatic N) is 6. The van der Waals surface area contributed by atoms with Crippen molar-refractivity contribution in [3.05, 3.63) is 71.4 Å². The van der Waals surface area contributed by atoms with Gasteiger partial charge in [0.15, 0.2) is 11.4 Å². The lowest BCUT2D eigenvalue weighted by Gasteiger charge is -2.11. The van der Waals surface area contributed by atoms with Crippen molar-refractivity contribution >= 4 is 0 Å². The fourth-order valence-corrected chi connectivity index (χ4v) is 2.91. The number of aromatic nitrogens is 6. The summed E-state index contributed by atoms with van der Waals surface area (Å²) in [6.07, 6.45) is 0.813. The van der Waals surface area contributed by atoms with E-state index in [-0.39, 0.29) is 17.1 Å². The number of para-hydroxylation sites is 1. The van der Waals surface area contributed by atoms with Crippen LogP contribution in [0.3, 0.4) is 0 Å². The zero-order valence-corrected chi connectivity index (χ0v) is 15.6. The van der Waals surface area contributed by atoms with Crippen LogP contribution >= 0.6 is 0 Å². The largest absolute Gasteiger partial charge is 0.491 e. The van der Waals surface area contributed by atoms with Gasteiger partial charge in [-0.25, -0.2) is 9.36 Å². The van der Waals surface area contributed by atoms with E-state index in [0.29, 0.717) is 11.4 Å². The molecule has 0 fully saturated rings. The highest BCUT2D eigenvalue weighted by atomic mass is 19.4. The molecule has 0 aliphatic carbocycles. The lowest BCUT2D eigenvalue weighted by molar-refractivity contribution is -0.142. The summed E-state index contributed by atoms with van der Waals surface area (Å²) in [5, 5.41) is 12.3. The minimum absolute atomic E-state index is 0.0237. The Bertz CT molecular complexity index is 1230. The Morgan fingerprint density at radius 2 is 1.80 bits per heavy atom. The quantitative estimate of drug-likeness (QED) is 0.500. The Kier molecular flexibility index (Phi) is 4.86. The molecule has 4 aromatic rings. The summed E-state index contributed by atoms with van der Waals surface area (Å²) < 4.78 is 46.6. The summed E-state index contributed by atoms with van der Waals surface area (Å²) >= 11 is 0. The molecule has 0 radical (unpaired) electrons. The molecule has 8 nitrogen and oxygen atoms in total. The van der Waals surface area contributed by atoms with Crippen molar-refractivity contribution in [2.45, 2.75) is 12.7 Å². The number of rotatable bonds is 5. The van der Waals surface area contributed by atoms with Gasteiger partial charge >= 0.3 is 6.18 Å². The van der Waals surface area contributed by atoms with Crippen LogP contribution in [0.25, 0.3) is 22.8 Å². The minimum atomic E-state index is -4.41. The molecule has 0 saturated carbocycles. The third kappa shape index (κ3) is 3.81. The van der Waals surface area contributed by atoms with Gasteiger partial charge in [-0.15, -0.1) is 0 Å². The zero-order valence-electron chi connectivity index (χ0n) is 15.6. The second-order valence-electron chi connectivity index (χ2n) is 6.29. The molecule has 3 aromatic heterocycles. The molecule has 4 rings (SSSR count). The maximum Gasteiger partial charge on any atom is 0.408 e. The first-order valence-electron chi connectivity index (χ1n) is 8.73. The van der Waals surface area contributed by atoms with Crippen molar-refractivity contribution in [3.63, 3.8) is 0 Å². The first-order valence-corrected chi connectivity index (χ1v) is 8.73. The lowest BCUT2D eigenvalue weighted by atomic mass is 10.2. The zero-order chi connectivity index (χ0) is 21.3. The van der Waals surface area contributed by atoms with E-state index in [1.165, 1.54) is 36.6 Å². The molecule has 0 amide bonds. The van der Waals surface area contributed by atoms with E-state index >= 15 is 0 Å². The van der Waals surface area contributed by atoms with Crippen LogP contribution in [0, 0.1) is 0 Å². The van der Waals surface area contributed by atoms with E-state index in [9.17, 15) is 18.0 Å². The highest BCUT2D eigenvalue weighted by molar-refractivity contribution is 5.59. The number of hydrogen-bond acceptors (Lipinski definition) is 5. The maximum atomic E-state index is 12.8. The molecule has 0 saturated heterocycles. The Labute approximate surface area is 167 Å². The lowest BCUT2D eigenvalue weighted by Crippen LogP contribution is -2.18. The van der Waals surface area contributed by atoms with Crippen LogP contribution in [-0.4, -0.2) is 42.6 Å². The van der Waals surface area contributed by atoms with Crippen molar-refractivity contribution in [3.8, 4) is 28.5 Å². The molecule has 0 bridgehead atoms. The first kappa shape index (κ1) is 19.4. The van der Waals surface area contributed by atoms with Crippen LogP contribution in [0.5, 0.6) is 5.75 Å². The predicted octanol–water partition coefficient (Wildman–Crippen LogP) is 2.85. The number of ether oxygens (including phenoxy) is 1. The third-order valence-corrected chi connectivity index (χ3v) is 4.22. The average Bonchev–Trinajstić information content (AvgIpc) is 3.37. The van der Waals surface area contributed by atoms with E-state index in [4.69, 9.17) is 4.74 Å². The molecular weight excluding hydrogens is 401 g/mol. The molecule has 0 atom stereocenters. The maximum absolute atomic E-state index is 12.8. The van der Waals surface area contributed by atoms with Crippen molar-refractivity contribution in [1.82, 2.24) is 29.3 Å². The second kappa shape index (κ2) is 7.50. The Morgan fingerprint density at radius 1 is 1.03 bits per heavy atom. The van der Waals surface area contributed by atoms with Gasteiger partial charge in [0, 0.05) is 0 Å².